The molecule has 0 spiro atoms. The first-order valence-electron chi connectivity index (χ1n) is 10.3. The van der Waals surface area contributed by atoms with Crippen molar-refractivity contribution in [1.29, 1.82) is 0 Å². The summed E-state index contributed by atoms with van der Waals surface area (Å²) in [4.78, 5) is 24.2. The van der Waals surface area contributed by atoms with Crippen molar-refractivity contribution in [3.8, 4) is 5.75 Å². The number of carbonyl (C=O) groups excluding carboxylic acids is 2. The van der Waals surface area contributed by atoms with Gasteiger partial charge in [-0.05, 0) is 35.7 Å². The van der Waals surface area contributed by atoms with Gasteiger partial charge in [0, 0.05) is 12.7 Å². The van der Waals surface area contributed by atoms with E-state index >= 15 is 0 Å². The second kappa shape index (κ2) is 11.3. The summed E-state index contributed by atoms with van der Waals surface area (Å²) < 4.78 is 7.29. The van der Waals surface area contributed by atoms with E-state index in [9.17, 15) is 9.59 Å². The molecule has 9 heteroatoms. The van der Waals surface area contributed by atoms with E-state index in [1.54, 1.807) is 11.6 Å². The molecule has 2 aromatic carbocycles. The minimum absolute atomic E-state index is 0.0832. The van der Waals surface area contributed by atoms with Crippen molar-refractivity contribution in [2.24, 2.45) is 7.05 Å². The van der Waals surface area contributed by atoms with Gasteiger partial charge in [0.25, 0.3) is 5.91 Å². The fourth-order valence-corrected chi connectivity index (χ4v) is 3.53. The van der Waals surface area contributed by atoms with Crippen molar-refractivity contribution >= 4 is 29.3 Å². The zero-order valence-corrected chi connectivity index (χ0v) is 19.2. The number of anilines is 1. The number of hydrogen-bond donors (Lipinski definition) is 2. The van der Waals surface area contributed by atoms with Gasteiger partial charge in [-0.2, -0.15) is 0 Å². The number of carbonyl (C=O) groups is 2. The molecule has 2 N–H and O–H groups in total. The van der Waals surface area contributed by atoms with E-state index in [-0.39, 0.29) is 30.7 Å². The Hall–Kier alpha value is -3.33. The number of nitrogens with one attached hydrogen (secondary N) is 2. The third-order valence-electron chi connectivity index (χ3n) is 4.68. The molecule has 0 fully saturated rings. The van der Waals surface area contributed by atoms with Gasteiger partial charge < -0.3 is 19.9 Å². The van der Waals surface area contributed by atoms with Crippen LogP contribution in [0.1, 0.15) is 31.2 Å². The summed E-state index contributed by atoms with van der Waals surface area (Å²) >= 11 is 1.28. The van der Waals surface area contributed by atoms with Crippen LogP contribution in [0.4, 0.5) is 5.69 Å². The number of nitrogens with zero attached hydrogens (tertiary/aromatic N) is 3. The first kappa shape index (κ1) is 23.3. The first-order valence-corrected chi connectivity index (χ1v) is 11.3. The molecule has 0 radical (unpaired) electrons. The summed E-state index contributed by atoms with van der Waals surface area (Å²) in [6, 6.07) is 17.0. The largest absolute Gasteiger partial charge is 0.484 e. The maximum Gasteiger partial charge on any atom is 0.258 e. The van der Waals surface area contributed by atoms with Crippen molar-refractivity contribution in [2.75, 3.05) is 17.7 Å². The highest BCUT2D eigenvalue weighted by Crippen LogP contribution is 2.19. The Labute approximate surface area is 191 Å². The molecule has 0 saturated carbocycles. The number of para-hydroxylation sites is 1. The fraction of sp³-hybridized carbons (Fsp3) is 0.304. The van der Waals surface area contributed by atoms with Gasteiger partial charge in [-0.3, -0.25) is 9.59 Å². The molecule has 168 valence electrons. The zero-order valence-electron chi connectivity index (χ0n) is 18.4. The van der Waals surface area contributed by atoms with Crippen LogP contribution in [-0.2, 0) is 23.2 Å². The highest BCUT2D eigenvalue weighted by Gasteiger charge is 2.13. The van der Waals surface area contributed by atoms with Crippen LogP contribution in [0, 0.1) is 0 Å². The molecular weight excluding hydrogens is 426 g/mol. The lowest BCUT2D eigenvalue weighted by Crippen LogP contribution is -2.29. The van der Waals surface area contributed by atoms with Gasteiger partial charge >= 0.3 is 0 Å². The van der Waals surface area contributed by atoms with Gasteiger partial charge in [-0.25, -0.2) is 0 Å². The molecule has 0 saturated heterocycles. The van der Waals surface area contributed by atoms with Gasteiger partial charge in [0.15, 0.2) is 17.6 Å². The standard InChI is InChI=1S/C23H27N5O3S/c1-16(2)17-9-11-19(12-10-17)31-14-21(29)24-13-20-26-27-23(28(20)3)32-15-22(30)25-18-7-5-4-6-8-18/h4-12,16H,13-15H2,1-3H3,(H,24,29)(H,25,30). The Kier molecular flexibility index (Phi) is 8.27. The molecule has 0 aliphatic heterocycles. The summed E-state index contributed by atoms with van der Waals surface area (Å²) in [5.41, 5.74) is 1.97. The second-order valence-corrected chi connectivity index (χ2v) is 8.39. The van der Waals surface area contributed by atoms with Crippen molar-refractivity contribution in [1.82, 2.24) is 20.1 Å². The molecule has 0 aliphatic rings. The Morgan fingerprint density at radius 3 is 2.44 bits per heavy atom. The Morgan fingerprint density at radius 2 is 1.75 bits per heavy atom. The van der Waals surface area contributed by atoms with Crippen molar-refractivity contribution < 1.29 is 14.3 Å². The monoisotopic (exact) mass is 453 g/mol. The topological polar surface area (TPSA) is 98.1 Å². The Bertz CT molecular complexity index is 1040. The summed E-state index contributed by atoms with van der Waals surface area (Å²) in [6.45, 7) is 4.38. The van der Waals surface area contributed by atoms with Crippen LogP contribution in [-0.4, -0.2) is 38.9 Å². The number of amides is 2. The zero-order chi connectivity index (χ0) is 22.9. The average Bonchev–Trinajstić information content (AvgIpc) is 3.15. The molecule has 1 aromatic heterocycles. The number of benzene rings is 2. The van der Waals surface area contributed by atoms with E-state index in [1.807, 2.05) is 54.6 Å². The van der Waals surface area contributed by atoms with Gasteiger partial charge in [0.1, 0.15) is 5.75 Å². The third kappa shape index (κ3) is 6.84. The van der Waals surface area contributed by atoms with E-state index < -0.39 is 0 Å². The van der Waals surface area contributed by atoms with Gasteiger partial charge in [-0.1, -0.05) is 55.9 Å². The lowest BCUT2D eigenvalue weighted by atomic mass is 10.0. The first-order chi connectivity index (χ1) is 15.4. The van der Waals surface area contributed by atoms with Gasteiger partial charge in [-0.15, -0.1) is 10.2 Å². The Morgan fingerprint density at radius 1 is 1.03 bits per heavy atom. The predicted molar refractivity (Wildman–Crippen MR) is 125 cm³/mol. The smallest absolute Gasteiger partial charge is 0.258 e. The molecule has 0 atom stereocenters. The van der Waals surface area contributed by atoms with Crippen LogP contribution in [0.2, 0.25) is 0 Å². The molecule has 0 aliphatic carbocycles. The summed E-state index contributed by atoms with van der Waals surface area (Å²) in [5.74, 6) is 1.51. The number of ether oxygens (including phenoxy) is 1. The normalized spacial score (nSPS) is 10.8. The minimum atomic E-state index is -0.252. The minimum Gasteiger partial charge on any atom is -0.484 e. The number of hydrogen-bond acceptors (Lipinski definition) is 6. The molecule has 2 amide bonds. The van der Waals surface area contributed by atoms with E-state index in [1.165, 1.54) is 17.3 Å². The van der Waals surface area contributed by atoms with Crippen LogP contribution in [0.15, 0.2) is 59.8 Å². The van der Waals surface area contributed by atoms with Gasteiger partial charge in [0.05, 0.1) is 12.3 Å². The van der Waals surface area contributed by atoms with Crippen molar-refractivity contribution in [3.63, 3.8) is 0 Å². The molecule has 3 aromatic rings. The van der Waals surface area contributed by atoms with Crippen molar-refractivity contribution in [2.45, 2.75) is 31.5 Å². The maximum absolute atomic E-state index is 12.1. The van der Waals surface area contributed by atoms with Crippen LogP contribution < -0.4 is 15.4 Å². The SMILES string of the molecule is CC(C)c1ccc(OCC(=O)NCc2nnc(SCC(=O)Nc3ccccc3)n2C)cc1. The predicted octanol–water partition coefficient (Wildman–Crippen LogP) is 3.36. The Balaban J connectivity index is 1.41. The molecule has 32 heavy (non-hydrogen) atoms. The average molecular weight is 454 g/mol. The fourth-order valence-electron chi connectivity index (χ4n) is 2.80. The molecule has 0 unspecified atom stereocenters. The van der Waals surface area contributed by atoms with Crippen LogP contribution in [0.5, 0.6) is 5.75 Å². The van der Waals surface area contributed by atoms with Crippen molar-refractivity contribution in [3.05, 3.63) is 66.0 Å². The third-order valence-corrected chi connectivity index (χ3v) is 5.70. The molecular formula is C23H27N5O3S. The highest BCUT2D eigenvalue weighted by atomic mass is 32.2. The molecule has 1 heterocycles. The summed E-state index contributed by atoms with van der Waals surface area (Å²) in [7, 11) is 1.80. The van der Waals surface area contributed by atoms with E-state index in [2.05, 4.69) is 34.7 Å². The van der Waals surface area contributed by atoms with E-state index in [0.717, 1.165) is 5.69 Å². The highest BCUT2D eigenvalue weighted by molar-refractivity contribution is 7.99. The maximum atomic E-state index is 12.1. The molecule has 0 bridgehead atoms. The number of thioether (sulfide) groups is 1. The number of aromatic nitrogens is 3. The second-order valence-electron chi connectivity index (χ2n) is 7.45. The lowest BCUT2D eigenvalue weighted by Gasteiger charge is -2.09. The lowest BCUT2D eigenvalue weighted by molar-refractivity contribution is -0.123. The van der Waals surface area contributed by atoms with Crippen LogP contribution in [0.3, 0.4) is 0 Å². The quantitative estimate of drug-likeness (QED) is 0.457. The van der Waals surface area contributed by atoms with Gasteiger partial charge in [0.2, 0.25) is 5.91 Å². The summed E-state index contributed by atoms with van der Waals surface area (Å²) in [6.07, 6.45) is 0. The number of rotatable bonds is 10. The van der Waals surface area contributed by atoms with E-state index in [0.29, 0.717) is 22.6 Å². The molecule has 3 rings (SSSR count). The van der Waals surface area contributed by atoms with E-state index in [4.69, 9.17) is 4.74 Å². The molecule has 8 nitrogen and oxygen atoms in total. The summed E-state index contributed by atoms with van der Waals surface area (Å²) in [5, 5.41) is 14.4. The van der Waals surface area contributed by atoms with Crippen LogP contribution >= 0.6 is 11.8 Å². The van der Waals surface area contributed by atoms with Crippen LogP contribution in [0.25, 0.3) is 0 Å².